The molecule has 0 N–H and O–H groups in total. The molecule has 0 radical (unpaired) electrons. The third-order valence-electron chi connectivity index (χ3n) is 5.45. The summed E-state index contributed by atoms with van der Waals surface area (Å²) in [5.41, 5.74) is 1.13. The molecule has 2 saturated heterocycles. The Kier molecular flexibility index (Phi) is 5.05. The van der Waals surface area contributed by atoms with Crippen LogP contribution in [0.3, 0.4) is 0 Å². The van der Waals surface area contributed by atoms with E-state index in [9.17, 15) is 9.59 Å². The molecule has 4 rings (SSSR count). The highest BCUT2D eigenvalue weighted by atomic mass is 16.5. The van der Waals surface area contributed by atoms with E-state index in [0.29, 0.717) is 19.7 Å². The molecule has 0 unspecified atom stereocenters. The number of carbonyl (C=O) groups is 1. The molecule has 2 aromatic rings. The van der Waals surface area contributed by atoms with Gasteiger partial charge in [-0.05, 0) is 30.2 Å². The normalized spacial score (nSPS) is 23.1. The van der Waals surface area contributed by atoms with Crippen molar-refractivity contribution in [2.45, 2.75) is 25.1 Å². The molecule has 0 aliphatic carbocycles. The SMILES string of the molecule is Cn1cccc(C(=O)N2CC[C@@H]3OCCN(Cc4cccnc4)[C@H]3C2)c1=O. The van der Waals surface area contributed by atoms with Crippen LogP contribution in [-0.4, -0.2) is 63.6 Å². The summed E-state index contributed by atoms with van der Waals surface area (Å²) in [5, 5.41) is 0. The van der Waals surface area contributed by atoms with E-state index in [4.69, 9.17) is 4.74 Å². The predicted octanol–water partition coefficient (Wildman–Crippen LogP) is 0.896. The van der Waals surface area contributed by atoms with Crippen LogP contribution in [0.25, 0.3) is 0 Å². The van der Waals surface area contributed by atoms with Crippen LogP contribution in [0.2, 0.25) is 0 Å². The van der Waals surface area contributed by atoms with Crippen LogP contribution in [0.5, 0.6) is 0 Å². The molecule has 0 bridgehead atoms. The lowest BCUT2D eigenvalue weighted by molar-refractivity contribution is -0.101. The smallest absolute Gasteiger partial charge is 0.263 e. The van der Waals surface area contributed by atoms with Crippen LogP contribution in [-0.2, 0) is 18.3 Å². The van der Waals surface area contributed by atoms with Crippen LogP contribution in [0.15, 0.2) is 47.7 Å². The Morgan fingerprint density at radius 2 is 2.19 bits per heavy atom. The fourth-order valence-corrected chi connectivity index (χ4v) is 3.98. The van der Waals surface area contributed by atoms with E-state index in [1.807, 2.05) is 12.3 Å². The number of nitrogens with zero attached hydrogens (tertiary/aromatic N) is 4. The molecule has 2 atom stereocenters. The molecular weight excluding hydrogens is 344 g/mol. The van der Waals surface area contributed by atoms with E-state index in [-0.39, 0.29) is 29.2 Å². The average molecular weight is 368 g/mol. The highest BCUT2D eigenvalue weighted by Crippen LogP contribution is 2.25. The Balaban J connectivity index is 1.52. The van der Waals surface area contributed by atoms with Crippen molar-refractivity contribution in [3.8, 4) is 0 Å². The minimum atomic E-state index is -0.253. The maximum absolute atomic E-state index is 13.0. The molecule has 7 heteroatoms. The molecule has 2 fully saturated rings. The molecule has 7 nitrogen and oxygen atoms in total. The predicted molar refractivity (Wildman–Crippen MR) is 100 cm³/mol. The largest absolute Gasteiger partial charge is 0.375 e. The van der Waals surface area contributed by atoms with Gasteiger partial charge in [-0.2, -0.15) is 0 Å². The lowest BCUT2D eigenvalue weighted by Gasteiger charge is -2.47. The molecular formula is C20H24N4O3. The number of morpholine rings is 1. The Labute approximate surface area is 158 Å². The van der Waals surface area contributed by atoms with Gasteiger partial charge in [-0.3, -0.25) is 19.5 Å². The Bertz CT molecular complexity index is 867. The highest BCUT2D eigenvalue weighted by molar-refractivity contribution is 5.94. The molecule has 4 heterocycles. The number of carbonyl (C=O) groups excluding carboxylic acids is 1. The summed E-state index contributed by atoms with van der Waals surface area (Å²) < 4.78 is 7.41. The fourth-order valence-electron chi connectivity index (χ4n) is 3.98. The molecule has 142 valence electrons. The van der Waals surface area contributed by atoms with E-state index in [1.54, 1.807) is 36.5 Å². The summed E-state index contributed by atoms with van der Waals surface area (Å²) in [5.74, 6) is -0.193. The van der Waals surface area contributed by atoms with Crippen molar-refractivity contribution in [3.05, 3.63) is 64.3 Å². The van der Waals surface area contributed by atoms with Gasteiger partial charge in [-0.15, -0.1) is 0 Å². The molecule has 27 heavy (non-hydrogen) atoms. The quantitative estimate of drug-likeness (QED) is 0.805. The van der Waals surface area contributed by atoms with Gasteiger partial charge in [0.15, 0.2) is 0 Å². The van der Waals surface area contributed by atoms with Gasteiger partial charge in [0.2, 0.25) is 0 Å². The van der Waals surface area contributed by atoms with Crippen LogP contribution < -0.4 is 5.56 Å². The molecule has 0 aromatic carbocycles. The van der Waals surface area contributed by atoms with Crippen molar-refractivity contribution in [2.24, 2.45) is 7.05 Å². The van der Waals surface area contributed by atoms with E-state index >= 15 is 0 Å². The minimum absolute atomic E-state index is 0.123. The van der Waals surface area contributed by atoms with E-state index in [0.717, 1.165) is 25.1 Å². The Morgan fingerprint density at radius 3 is 3.00 bits per heavy atom. The second-order valence-electron chi connectivity index (χ2n) is 7.19. The number of hydrogen-bond donors (Lipinski definition) is 0. The molecule has 0 saturated carbocycles. The van der Waals surface area contributed by atoms with Gasteiger partial charge in [-0.25, -0.2) is 0 Å². The summed E-state index contributed by atoms with van der Waals surface area (Å²) in [6, 6.07) is 7.48. The number of fused-ring (bicyclic) bond motifs is 1. The summed E-state index contributed by atoms with van der Waals surface area (Å²) in [7, 11) is 1.66. The van der Waals surface area contributed by atoms with Crippen molar-refractivity contribution in [1.29, 1.82) is 0 Å². The Hall–Kier alpha value is -2.51. The summed E-state index contributed by atoms with van der Waals surface area (Å²) in [6.45, 7) is 3.49. The standard InChI is InChI=1S/C20H24N4O3/c1-22-8-3-5-16(19(22)25)20(26)24-9-6-18-17(14-24)23(10-11-27-18)13-15-4-2-7-21-12-15/h2-5,7-8,12,17-18H,6,9-11,13-14H2,1H3/t17-,18-/m0/s1. The number of aryl methyl sites for hydroxylation is 1. The fraction of sp³-hybridized carbons (Fsp3) is 0.450. The van der Waals surface area contributed by atoms with Gasteiger partial charge in [0.25, 0.3) is 11.5 Å². The third kappa shape index (κ3) is 3.65. The van der Waals surface area contributed by atoms with Crippen molar-refractivity contribution in [1.82, 2.24) is 19.4 Å². The van der Waals surface area contributed by atoms with Crippen molar-refractivity contribution >= 4 is 5.91 Å². The number of likely N-dealkylation sites (tertiary alicyclic amines) is 1. The van der Waals surface area contributed by atoms with Gasteiger partial charge >= 0.3 is 0 Å². The third-order valence-corrected chi connectivity index (χ3v) is 5.45. The van der Waals surface area contributed by atoms with Crippen molar-refractivity contribution in [2.75, 3.05) is 26.2 Å². The zero-order valence-corrected chi connectivity index (χ0v) is 15.5. The van der Waals surface area contributed by atoms with Gasteiger partial charge < -0.3 is 14.2 Å². The number of hydrogen-bond acceptors (Lipinski definition) is 5. The van der Waals surface area contributed by atoms with Gasteiger partial charge in [0, 0.05) is 51.8 Å². The van der Waals surface area contributed by atoms with Crippen LogP contribution in [0.4, 0.5) is 0 Å². The number of aromatic nitrogens is 2. The second kappa shape index (κ2) is 7.62. The highest BCUT2D eigenvalue weighted by Gasteiger charge is 2.38. The summed E-state index contributed by atoms with van der Waals surface area (Å²) in [6.07, 6.45) is 6.22. The summed E-state index contributed by atoms with van der Waals surface area (Å²) >= 11 is 0. The van der Waals surface area contributed by atoms with Crippen molar-refractivity contribution in [3.63, 3.8) is 0 Å². The first-order valence-corrected chi connectivity index (χ1v) is 9.33. The number of amides is 1. The molecule has 2 aliphatic heterocycles. The molecule has 2 aliphatic rings. The summed E-state index contributed by atoms with van der Waals surface area (Å²) in [4.78, 5) is 33.6. The first-order valence-electron chi connectivity index (χ1n) is 9.33. The number of pyridine rings is 2. The first kappa shape index (κ1) is 17.9. The Morgan fingerprint density at radius 1 is 1.30 bits per heavy atom. The van der Waals surface area contributed by atoms with Crippen LogP contribution >= 0.6 is 0 Å². The van der Waals surface area contributed by atoms with Gasteiger partial charge in [-0.1, -0.05) is 6.07 Å². The molecule has 2 aromatic heterocycles. The lowest BCUT2D eigenvalue weighted by Crippen LogP contribution is -2.60. The topological polar surface area (TPSA) is 67.7 Å². The lowest BCUT2D eigenvalue weighted by atomic mass is 9.97. The molecule has 1 amide bonds. The van der Waals surface area contributed by atoms with E-state index < -0.39 is 0 Å². The maximum atomic E-state index is 13.0. The maximum Gasteiger partial charge on any atom is 0.263 e. The second-order valence-corrected chi connectivity index (χ2v) is 7.19. The van der Waals surface area contributed by atoms with Crippen molar-refractivity contribution < 1.29 is 9.53 Å². The van der Waals surface area contributed by atoms with Crippen LogP contribution in [0, 0.1) is 0 Å². The zero-order valence-electron chi connectivity index (χ0n) is 15.5. The zero-order chi connectivity index (χ0) is 18.8. The van der Waals surface area contributed by atoms with Crippen LogP contribution in [0.1, 0.15) is 22.3 Å². The van der Waals surface area contributed by atoms with Gasteiger partial charge in [0.05, 0.1) is 18.8 Å². The minimum Gasteiger partial charge on any atom is -0.375 e. The average Bonchev–Trinajstić information content (AvgIpc) is 2.70. The van der Waals surface area contributed by atoms with E-state index in [2.05, 4.69) is 16.0 Å². The number of ether oxygens (including phenoxy) is 1. The first-order chi connectivity index (χ1) is 13.1. The number of piperidine rings is 1. The van der Waals surface area contributed by atoms with Gasteiger partial charge in [0.1, 0.15) is 5.56 Å². The number of rotatable bonds is 3. The molecule has 0 spiro atoms. The monoisotopic (exact) mass is 368 g/mol. The van der Waals surface area contributed by atoms with E-state index in [1.165, 1.54) is 4.57 Å².